The number of hydrogen-bond acceptors (Lipinski definition) is 2. The predicted molar refractivity (Wildman–Crippen MR) is 57.3 cm³/mol. The third-order valence-electron chi connectivity index (χ3n) is 1.81. The van der Waals surface area contributed by atoms with Gasteiger partial charge in [0.15, 0.2) is 0 Å². The van der Waals surface area contributed by atoms with Crippen molar-refractivity contribution in [3.05, 3.63) is 42.2 Å². The van der Waals surface area contributed by atoms with E-state index in [0.717, 1.165) is 5.56 Å². The minimum Gasteiger partial charge on any atom is -0.496 e. The summed E-state index contributed by atoms with van der Waals surface area (Å²) in [5.41, 5.74) is 6.44. The number of benzene rings is 1. The van der Waals surface area contributed by atoms with Crippen LogP contribution >= 0.6 is 12.4 Å². The highest BCUT2D eigenvalue weighted by Gasteiger charge is 2.08. The lowest BCUT2D eigenvalue weighted by atomic mass is 10.1. The van der Waals surface area contributed by atoms with E-state index in [1.807, 2.05) is 0 Å². The Balaban J connectivity index is 0.00000169. The van der Waals surface area contributed by atoms with Gasteiger partial charge in [-0.15, -0.1) is 19.0 Å². The van der Waals surface area contributed by atoms with Crippen molar-refractivity contribution in [3.63, 3.8) is 0 Å². The van der Waals surface area contributed by atoms with Crippen LogP contribution in [0.2, 0.25) is 0 Å². The Hall–Kier alpha value is -1.06. The van der Waals surface area contributed by atoms with Crippen molar-refractivity contribution < 1.29 is 9.13 Å². The minimum absolute atomic E-state index is 0. The van der Waals surface area contributed by atoms with E-state index in [4.69, 9.17) is 10.5 Å². The van der Waals surface area contributed by atoms with Gasteiger partial charge in [-0.2, -0.15) is 0 Å². The van der Waals surface area contributed by atoms with Crippen LogP contribution in [-0.4, -0.2) is 7.11 Å². The third-order valence-corrected chi connectivity index (χ3v) is 1.81. The summed E-state index contributed by atoms with van der Waals surface area (Å²) in [5, 5.41) is 0. The van der Waals surface area contributed by atoms with Gasteiger partial charge in [0.05, 0.1) is 13.2 Å². The van der Waals surface area contributed by atoms with E-state index >= 15 is 0 Å². The van der Waals surface area contributed by atoms with Gasteiger partial charge >= 0.3 is 0 Å². The van der Waals surface area contributed by atoms with E-state index in [1.165, 1.54) is 19.2 Å². The van der Waals surface area contributed by atoms with E-state index in [9.17, 15) is 4.39 Å². The number of methoxy groups -OCH3 is 1. The van der Waals surface area contributed by atoms with Gasteiger partial charge in [0.25, 0.3) is 0 Å². The second-order valence-corrected chi connectivity index (χ2v) is 2.65. The molecule has 2 nitrogen and oxygen atoms in total. The number of ether oxygens (including phenoxy) is 1. The first-order valence-corrected chi connectivity index (χ1v) is 3.90. The number of nitrogens with two attached hydrogens (primary N) is 1. The zero-order valence-corrected chi connectivity index (χ0v) is 8.68. The highest BCUT2D eigenvalue weighted by Crippen LogP contribution is 2.24. The third kappa shape index (κ3) is 2.72. The molecule has 1 aromatic carbocycles. The summed E-state index contributed by atoms with van der Waals surface area (Å²) in [4.78, 5) is 0. The van der Waals surface area contributed by atoms with Crippen LogP contribution in [0.5, 0.6) is 5.75 Å². The summed E-state index contributed by atoms with van der Waals surface area (Å²) in [7, 11) is 1.48. The van der Waals surface area contributed by atoms with Gasteiger partial charge in [-0.05, 0) is 6.07 Å². The summed E-state index contributed by atoms with van der Waals surface area (Å²) in [6.07, 6.45) is 1.58. The minimum atomic E-state index is -0.336. The van der Waals surface area contributed by atoms with Gasteiger partial charge in [0, 0.05) is 11.6 Å². The molecule has 14 heavy (non-hydrogen) atoms. The fraction of sp³-hybridized carbons (Fsp3) is 0.200. The molecule has 0 amide bonds. The largest absolute Gasteiger partial charge is 0.496 e. The van der Waals surface area contributed by atoms with Crippen molar-refractivity contribution in [1.82, 2.24) is 0 Å². The Morgan fingerprint density at radius 2 is 2.21 bits per heavy atom. The van der Waals surface area contributed by atoms with Crippen LogP contribution in [0.25, 0.3) is 0 Å². The van der Waals surface area contributed by atoms with Crippen molar-refractivity contribution in [2.45, 2.75) is 6.04 Å². The number of rotatable bonds is 3. The Kier molecular flexibility index (Phi) is 5.20. The molecule has 0 unspecified atom stereocenters. The van der Waals surface area contributed by atoms with Crippen LogP contribution in [-0.2, 0) is 0 Å². The normalized spacial score (nSPS) is 11.4. The van der Waals surface area contributed by atoms with E-state index in [2.05, 4.69) is 6.58 Å². The van der Waals surface area contributed by atoms with E-state index in [-0.39, 0.29) is 24.3 Å². The molecular formula is C10H13ClFNO. The van der Waals surface area contributed by atoms with E-state index < -0.39 is 0 Å². The average molecular weight is 218 g/mol. The molecular weight excluding hydrogens is 205 g/mol. The molecule has 0 aliphatic heterocycles. The molecule has 0 aromatic heterocycles. The molecule has 1 aromatic rings. The van der Waals surface area contributed by atoms with Gasteiger partial charge in [0.2, 0.25) is 0 Å². The number of hydrogen-bond donors (Lipinski definition) is 1. The van der Waals surface area contributed by atoms with Crippen molar-refractivity contribution in [1.29, 1.82) is 0 Å². The zero-order valence-electron chi connectivity index (χ0n) is 7.87. The average Bonchev–Trinajstić information content (AvgIpc) is 2.16. The highest BCUT2D eigenvalue weighted by atomic mass is 35.5. The summed E-state index contributed by atoms with van der Waals surface area (Å²) in [6.45, 7) is 3.56. The molecule has 0 bridgehead atoms. The number of halogens is 2. The first kappa shape index (κ1) is 12.9. The summed E-state index contributed by atoms with van der Waals surface area (Å²) in [6, 6.07) is 3.93. The standard InChI is InChI=1S/C10H12FNO.ClH/c1-3-9(12)8-5-4-7(11)6-10(8)13-2;/h3-6,9H,1,12H2,2H3;1H/t9-;/m0./s1. The zero-order chi connectivity index (χ0) is 9.84. The van der Waals surface area contributed by atoms with Gasteiger partial charge in [-0.3, -0.25) is 0 Å². The highest BCUT2D eigenvalue weighted by molar-refractivity contribution is 5.85. The van der Waals surface area contributed by atoms with E-state index in [1.54, 1.807) is 12.1 Å². The monoisotopic (exact) mass is 217 g/mol. The molecule has 0 heterocycles. The lowest BCUT2D eigenvalue weighted by Gasteiger charge is -2.11. The van der Waals surface area contributed by atoms with Crippen molar-refractivity contribution >= 4 is 12.4 Å². The Morgan fingerprint density at radius 3 is 2.71 bits per heavy atom. The molecule has 4 heteroatoms. The second kappa shape index (κ2) is 5.62. The molecule has 0 aliphatic carbocycles. The second-order valence-electron chi connectivity index (χ2n) is 2.65. The maximum Gasteiger partial charge on any atom is 0.126 e. The van der Waals surface area contributed by atoms with Gasteiger partial charge in [0.1, 0.15) is 11.6 Å². The summed E-state index contributed by atoms with van der Waals surface area (Å²) < 4.78 is 17.7. The summed E-state index contributed by atoms with van der Waals surface area (Å²) in [5.74, 6) is 0.115. The van der Waals surface area contributed by atoms with Crippen LogP contribution in [0.3, 0.4) is 0 Å². The molecule has 0 radical (unpaired) electrons. The molecule has 0 saturated carbocycles. The molecule has 1 rings (SSSR count). The Morgan fingerprint density at radius 1 is 1.57 bits per heavy atom. The van der Waals surface area contributed by atoms with Crippen LogP contribution in [0, 0.1) is 5.82 Å². The van der Waals surface area contributed by atoms with Crippen LogP contribution in [0.1, 0.15) is 11.6 Å². The van der Waals surface area contributed by atoms with E-state index in [0.29, 0.717) is 5.75 Å². The van der Waals surface area contributed by atoms with Gasteiger partial charge < -0.3 is 10.5 Å². The first-order chi connectivity index (χ1) is 6.19. The van der Waals surface area contributed by atoms with Crippen molar-refractivity contribution in [2.75, 3.05) is 7.11 Å². The lowest BCUT2D eigenvalue weighted by molar-refractivity contribution is 0.404. The first-order valence-electron chi connectivity index (χ1n) is 3.90. The Bertz CT molecular complexity index is 317. The molecule has 2 N–H and O–H groups in total. The van der Waals surface area contributed by atoms with Crippen LogP contribution in [0.15, 0.2) is 30.9 Å². The van der Waals surface area contributed by atoms with Crippen LogP contribution in [0.4, 0.5) is 4.39 Å². The molecule has 0 spiro atoms. The quantitative estimate of drug-likeness (QED) is 0.790. The van der Waals surface area contributed by atoms with Gasteiger partial charge in [-0.1, -0.05) is 12.1 Å². The fourth-order valence-corrected chi connectivity index (χ4v) is 1.09. The maximum atomic E-state index is 12.8. The predicted octanol–water partition coefficient (Wildman–Crippen LogP) is 2.44. The maximum absolute atomic E-state index is 12.8. The molecule has 0 fully saturated rings. The molecule has 0 saturated heterocycles. The molecule has 0 aliphatic rings. The SMILES string of the molecule is C=C[C@H](N)c1ccc(F)cc1OC.Cl. The van der Waals surface area contributed by atoms with Crippen LogP contribution < -0.4 is 10.5 Å². The Labute approximate surface area is 89.0 Å². The van der Waals surface area contributed by atoms with Crippen molar-refractivity contribution in [2.24, 2.45) is 5.73 Å². The topological polar surface area (TPSA) is 35.2 Å². The van der Waals surface area contributed by atoms with Crippen molar-refractivity contribution in [3.8, 4) is 5.75 Å². The molecule has 1 atom stereocenters. The molecule has 78 valence electrons. The lowest BCUT2D eigenvalue weighted by Crippen LogP contribution is -2.08. The summed E-state index contributed by atoms with van der Waals surface area (Å²) >= 11 is 0. The fourth-order valence-electron chi connectivity index (χ4n) is 1.09. The van der Waals surface area contributed by atoms with Gasteiger partial charge in [-0.25, -0.2) is 4.39 Å². The smallest absolute Gasteiger partial charge is 0.126 e.